The second kappa shape index (κ2) is 10.9. The van der Waals surface area contributed by atoms with E-state index in [0.29, 0.717) is 12.5 Å². The Bertz CT molecular complexity index is 760. The number of aromatic nitrogens is 3. The van der Waals surface area contributed by atoms with Gasteiger partial charge in [-0.3, -0.25) is 4.90 Å². The first-order chi connectivity index (χ1) is 14.1. The molecule has 0 aliphatic carbocycles. The van der Waals surface area contributed by atoms with E-state index >= 15 is 0 Å². The van der Waals surface area contributed by atoms with Crippen LogP contribution in [-0.2, 0) is 11.3 Å². The van der Waals surface area contributed by atoms with Crippen molar-refractivity contribution in [2.24, 2.45) is 10.9 Å². The van der Waals surface area contributed by atoms with Gasteiger partial charge in [0.25, 0.3) is 0 Å². The molecule has 3 rings (SSSR count). The quantitative estimate of drug-likeness (QED) is 0.519. The van der Waals surface area contributed by atoms with Crippen molar-refractivity contribution in [3.8, 4) is 5.82 Å². The molecule has 2 N–H and O–H groups in total. The van der Waals surface area contributed by atoms with Crippen LogP contribution >= 0.6 is 0 Å². The number of hydrogen-bond donors (Lipinski definition) is 2. The van der Waals surface area contributed by atoms with Crippen molar-refractivity contribution in [1.82, 2.24) is 30.3 Å². The largest absolute Gasteiger partial charge is 0.374 e. The Morgan fingerprint density at radius 3 is 3.00 bits per heavy atom. The third kappa shape index (κ3) is 6.83. The highest BCUT2D eigenvalue weighted by atomic mass is 16.5. The standard InChI is InChI=1S/C21H33N7O/c1-4-22-21(25-14-19-16-27(10-11-29-19)15-17(2)3)24-13-18-6-8-23-20(12-18)28-9-5-7-26-28/h5-9,12,17,19H,4,10-11,13-16H2,1-3H3,(H2,22,24,25). The van der Waals surface area contributed by atoms with Crippen LogP contribution in [0.3, 0.4) is 0 Å². The molecule has 29 heavy (non-hydrogen) atoms. The van der Waals surface area contributed by atoms with Crippen molar-refractivity contribution in [3.63, 3.8) is 0 Å². The van der Waals surface area contributed by atoms with Gasteiger partial charge in [-0.1, -0.05) is 13.8 Å². The summed E-state index contributed by atoms with van der Waals surface area (Å²) in [6.07, 6.45) is 5.60. The van der Waals surface area contributed by atoms with E-state index in [4.69, 9.17) is 9.73 Å². The Balaban J connectivity index is 1.55. The van der Waals surface area contributed by atoms with Crippen LogP contribution in [-0.4, -0.2) is 71.1 Å². The van der Waals surface area contributed by atoms with Crippen LogP contribution < -0.4 is 10.6 Å². The first kappa shape index (κ1) is 21.3. The molecule has 0 aromatic carbocycles. The predicted molar refractivity (Wildman–Crippen MR) is 115 cm³/mol. The van der Waals surface area contributed by atoms with Crippen molar-refractivity contribution in [1.29, 1.82) is 0 Å². The summed E-state index contributed by atoms with van der Waals surface area (Å²) in [4.78, 5) is 11.6. The summed E-state index contributed by atoms with van der Waals surface area (Å²) in [5.74, 6) is 2.27. The van der Waals surface area contributed by atoms with E-state index in [2.05, 4.69) is 46.4 Å². The maximum Gasteiger partial charge on any atom is 0.191 e. The summed E-state index contributed by atoms with van der Waals surface area (Å²) in [6.45, 7) is 12.6. The molecule has 2 aromatic heterocycles. The third-order valence-corrected chi connectivity index (χ3v) is 4.66. The number of guanidine groups is 1. The van der Waals surface area contributed by atoms with Crippen molar-refractivity contribution in [3.05, 3.63) is 42.4 Å². The van der Waals surface area contributed by atoms with Gasteiger partial charge in [-0.25, -0.2) is 14.7 Å². The van der Waals surface area contributed by atoms with Gasteiger partial charge >= 0.3 is 0 Å². The first-order valence-electron chi connectivity index (χ1n) is 10.4. The second-order valence-electron chi connectivity index (χ2n) is 7.70. The summed E-state index contributed by atoms with van der Waals surface area (Å²) in [6, 6.07) is 5.87. The number of morpholine rings is 1. The predicted octanol–water partition coefficient (Wildman–Crippen LogP) is 1.68. The molecule has 158 valence electrons. The lowest BCUT2D eigenvalue weighted by molar-refractivity contribution is -0.0284. The molecule has 0 saturated carbocycles. The van der Waals surface area contributed by atoms with E-state index < -0.39 is 0 Å². The number of rotatable bonds is 8. The van der Waals surface area contributed by atoms with Crippen LogP contribution in [0.2, 0.25) is 0 Å². The minimum atomic E-state index is 0.179. The molecule has 2 aromatic rings. The Kier molecular flexibility index (Phi) is 8.01. The van der Waals surface area contributed by atoms with Gasteiger partial charge in [-0.2, -0.15) is 5.10 Å². The van der Waals surface area contributed by atoms with Crippen LogP contribution in [0.25, 0.3) is 5.82 Å². The highest BCUT2D eigenvalue weighted by Crippen LogP contribution is 2.09. The average Bonchev–Trinajstić information content (AvgIpc) is 3.25. The SMILES string of the molecule is CCNC(=NCc1ccnc(-n2cccn2)c1)NCC1CN(CC(C)C)CCO1. The molecule has 0 spiro atoms. The molecule has 1 saturated heterocycles. The molecular weight excluding hydrogens is 366 g/mol. The summed E-state index contributed by atoms with van der Waals surface area (Å²) < 4.78 is 7.68. The highest BCUT2D eigenvalue weighted by Gasteiger charge is 2.21. The molecule has 1 aliphatic rings. The number of hydrogen-bond acceptors (Lipinski definition) is 5. The molecule has 0 amide bonds. The zero-order chi connectivity index (χ0) is 20.5. The lowest BCUT2D eigenvalue weighted by Crippen LogP contribution is -2.50. The first-order valence-corrected chi connectivity index (χ1v) is 10.4. The monoisotopic (exact) mass is 399 g/mol. The van der Waals surface area contributed by atoms with E-state index in [1.165, 1.54) is 0 Å². The maximum absolute atomic E-state index is 5.93. The van der Waals surface area contributed by atoms with Crippen LogP contribution in [0, 0.1) is 5.92 Å². The van der Waals surface area contributed by atoms with Crippen LogP contribution in [0.1, 0.15) is 26.3 Å². The number of pyridine rings is 1. The van der Waals surface area contributed by atoms with E-state index in [0.717, 1.165) is 56.7 Å². The fourth-order valence-electron chi connectivity index (χ4n) is 3.40. The lowest BCUT2D eigenvalue weighted by Gasteiger charge is -2.34. The second-order valence-corrected chi connectivity index (χ2v) is 7.70. The molecule has 1 atom stereocenters. The van der Waals surface area contributed by atoms with Crippen LogP contribution in [0.15, 0.2) is 41.8 Å². The molecule has 1 aliphatic heterocycles. The fourth-order valence-corrected chi connectivity index (χ4v) is 3.40. The highest BCUT2D eigenvalue weighted by molar-refractivity contribution is 5.79. The van der Waals surface area contributed by atoms with Crippen LogP contribution in [0.5, 0.6) is 0 Å². The molecule has 0 bridgehead atoms. The van der Waals surface area contributed by atoms with E-state index in [9.17, 15) is 0 Å². The van der Waals surface area contributed by atoms with Gasteiger partial charge in [0.05, 0.1) is 19.3 Å². The molecule has 1 fully saturated rings. The van der Waals surface area contributed by atoms with Gasteiger partial charge in [0.2, 0.25) is 0 Å². The summed E-state index contributed by atoms with van der Waals surface area (Å²) in [5.41, 5.74) is 1.08. The minimum absolute atomic E-state index is 0.179. The van der Waals surface area contributed by atoms with Crippen LogP contribution in [0.4, 0.5) is 0 Å². The number of nitrogens with one attached hydrogen (secondary N) is 2. The van der Waals surface area contributed by atoms with Gasteiger partial charge in [0.15, 0.2) is 11.8 Å². The van der Waals surface area contributed by atoms with E-state index in [-0.39, 0.29) is 6.10 Å². The lowest BCUT2D eigenvalue weighted by atomic mass is 10.2. The maximum atomic E-state index is 5.93. The fraction of sp³-hybridized carbons (Fsp3) is 0.571. The summed E-state index contributed by atoms with van der Waals surface area (Å²) in [7, 11) is 0. The Labute approximate surface area is 173 Å². The Morgan fingerprint density at radius 2 is 2.24 bits per heavy atom. The van der Waals surface area contributed by atoms with Gasteiger partial charge in [0, 0.05) is 51.3 Å². The zero-order valence-corrected chi connectivity index (χ0v) is 17.7. The van der Waals surface area contributed by atoms with Crippen molar-refractivity contribution in [2.75, 3.05) is 39.3 Å². The van der Waals surface area contributed by atoms with Gasteiger partial charge in [-0.05, 0) is 36.6 Å². The number of ether oxygens (including phenoxy) is 1. The molecule has 1 unspecified atom stereocenters. The molecule has 8 heteroatoms. The van der Waals surface area contributed by atoms with Crippen molar-refractivity contribution < 1.29 is 4.74 Å². The van der Waals surface area contributed by atoms with Crippen molar-refractivity contribution in [2.45, 2.75) is 33.4 Å². The molecule has 3 heterocycles. The number of aliphatic imine (C=N–C) groups is 1. The smallest absolute Gasteiger partial charge is 0.191 e. The number of nitrogens with zero attached hydrogens (tertiary/aromatic N) is 5. The van der Waals surface area contributed by atoms with Crippen molar-refractivity contribution >= 4 is 5.96 Å². The van der Waals surface area contributed by atoms with Gasteiger partial charge in [-0.15, -0.1) is 0 Å². The molecule has 0 radical (unpaired) electrons. The molecule has 8 nitrogen and oxygen atoms in total. The van der Waals surface area contributed by atoms with Gasteiger partial charge < -0.3 is 15.4 Å². The molecular formula is C21H33N7O. The average molecular weight is 400 g/mol. The Hall–Kier alpha value is -2.45. The van der Waals surface area contributed by atoms with E-state index in [1.54, 1.807) is 17.1 Å². The zero-order valence-electron chi connectivity index (χ0n) is 17.7. The van der Waals surface area contributed by atoms with Gasteiger partial charge in [0.1, 0.15) is 0 Å². The minimum Gasteiger partial charge on any atom is -0.374 e. The normalized spacial score (nSPS) is 18.2. The summed E-state index contributed by atoms with van der Waals surface area (Å²) >= 11 is 0. The van der Waals surface area contributed by atoms with E-state index in [1.807, 2.05) is 24.4 Å². The third-order valence-electron chi connectivity index (χ3n) is 4.66. The Morgan fingerprint density at radius 1 is 1.34 bits per heavy atom. The topological polar surface area (TPSA) is 79.6 Å². The summed E-state index contributed by atoms with van der Waals surface area (Å²) in [5, 5.41) is 11.0.